The maximum atomic E-state index is 13.8. The molecule has 3 aromatic rings. The summed E-state index contributed by atoms with van der Waals surface area (Å²) in [5.74, 6) is -3.17. The van der Waals surface area contributed by atoms with Crippen molar-refractivity contribution in [2.24, 2.45) is 0 Å². The van der Waals surface area contributed by atoms with Gasteiger partial charge in [0.25, 0.3) is 0 Å². The van der Waals surface area contributed by atoms with Gasteiger partial charge in [-0.1, -0.05) is 18.2 Å². The average molecular weight is 313 g/mol. The van der Waals surface area contributed by atoms with Crippen molar-refractivity contribution in [1.29, 1.82) is 0 Å². The topological polar surface area (TPSA) is 0 Å². The standard InChI is InChI=1S/C15H8ClF3S/c16-15(9-5-12(18)13(19)6-11(9)17)10-7-20-14-4-2-1-3-8(10)14/h1-7,15H. The van der Waals surface area contributed by atoms with Crippen molar-refractivity contribution in [3.63, 3.8) is 0 Å². The van der Waals surface area contributed by atoms with Crippen LogP contribution in [0.25, 0.3) is 10.1 Å². The summed E-state index contributed by atoms with van der Waals surface area (Å²) in [6.07, 6.45) is 0. The van der Waals surface area contributed by atoms with Crippen LogP contribution in [-0.2, 0) is 0 Å². The first-order valence-corrected chi connectivity index (χ1v) is 7.14. The number of alkyl halides is 1. The van der Waals surface area contributed by atoms with Gasteiger partial charge in [-0.25, -0.2) is 13.2 Å². The minimum atomic E-state index is -1.22. The van der Waals surface area contributed by atoms with Crippen LogP contribution in [0.3, 0.4) is 0 Å². The number of thiophene rings is 1. The maximum Gasteiger partial charge on any atom is 0.161 e. The van der Waals surface area contributed by atoms with Crippen LogP contribution >= 0.6 is 22.9 Å². The highest BCUT2D eigenvalue weighted by atomic mass is 35.5. The lowest BCUT2D eigenvalue weighted by molar-refractivity contribution is 0.490. The molecule has 5 heteroatoms. The monoisotopic (exact) mass is 312 g/mol. The second kappa shape index (κ2) is 5.11. The Hall–Kier alpha value is -1.52. The Kier molecular flexibility index (Phi) is 3.44. The largest absolute Gasteiger partial charge is 0.207 e. The zero-order valence-corrected chi connectivity index (χ0v) is 11.6. The normalized spacial score (nSPS) is 12.8. The van der Waals surface area contributed by atoms with Crippen LogP contribution in [-0.4, -0.2) is 0 Å². The summed E-state index contributed by atoms with van der Waals surface area (Å²) in [6, 6.07) is 8.88. The van der Waals surface area contributed by atoms with Gasteiger partial charge >= 0.3 is 0 Å². The summed E-state index contributed by atoms with van der Waals surface area (Å²) in [5.41, 5.74) is 0.631. The number of halogens is 4. The van der Waals surface area contributed by atoms with Crippen LogP contribution in [0, 0.1) is 17.5 Å². The van der Waals surface area contributed by atoms with Gasteiger partial charge in [-0.2, -0.15) is 0 Å². The van der Waals surface area contributed by atoms with Gasteiger partial charge in [0.1, 0.15) is 5.82 Å². The SMILES string of the molecule is Fc1cc(F)c(C(Cl)c2csc3ccccc23)cc1F. The summed E-state index contributed by atoms with van der Waals surface area (Å²) in [5, 5.41) is 1.84. The maximum absolute atomic E-state index is 13.8. The molecule has 102 valence electrons. The Morgan fingerprint density at radius 1 is 0.900 bits per heavy atom. The lowest BCUT2D eigenvalue weighted by Gasteiger charge is -2.11. The van der Waals surface area contributed by atoms with Crippen molar-refractivity contribution in [3.05, 3.63) is 70.4 Å². The molecule has 0 aliphatic heterocycles. The van der Waals surface area contributed by atoms with Crippen molar-refractivity contribution in [2.75, 3.05) is 0 Å². The summed E-state index contributed by atoms with van der Waals surface area (Å²) in [7, 11) is 0. The number of rotatable bonds is 2. The molecule has 1 heterocycles. The first-order chi connectivity index (χ1) is 9.58. The third kappa shape index (κ3) is 2.19. The van der Waals surface area contributed by atoms with E-state index in [1.807, 2.05) is 29.6 Å². The molecule has 0 amide bonds. The molecule has 2 aromatic carbocycles. The van der Waals surface area contributed by atoms with Crippen molar-refractivity contribution in [3.8, 4) is 0 Å². The van der Waals surface area contributed by atoms with Crippen LogP contribution in [0.5, 0.6) is 0 Å². The molecule has 0 radical (unpaired) electrons. The highest BCUT2D eigenvalue weighted by Gasteiger charge is 2.21. The molecule has 0 fully saturated rings. The fraction of sp³-hybridized carbons (Fsp3) is 0.0667. The predicted molar refractivity (Wildman–Crippen MR) is 75.8 cm³/mol. The number of hydrogen-bond acceptors (Lipinski definition) is 1. The highest BCUT2D eigenvalue weighted by molar-refractivity contribution is 7.17. The Labute approximate surface area is 122 Å². The molecular weight excluding hydrogens is 305 g/mol. The van der Waals surface area contributed by atoms with Gasteiger partial charge in [0.15, 0.2) is 11.6 Å². The smallest absolute Gasteiger partial charge is 0.161 e. The van der Waals surface area contributed by atoms with E-state index in [0.29, 0.717) is 11.6 Å². The first-order valence-electron chi connectivity index (χ1n) is 5.82. The zero-order valence-electron chi connectivity index (χ0n) is 10.0. The van der Waals surface area contributed by atoms with E-state index in [-0.39, 0.29) is 5.56 Å². The second-order valence-electron chi connectivity index (χ2n) is 4.34. The van der Waals surface area contributed by atoms with Gasteiger partial charge in [-0.3, -0.25) is 0 Å². The summed E-state index contributed by atoms with van der Waals surface area (Å²) in [6.45, 7) is 0. The lowest BCUT2D eigenvalue weighted by Crippen LogP contribution is -1.99. The molecule has 0 nitrogen and oxygen atoms in total. The molecule has 3 rings (SSSR count). The molecule has 1 atom stereocenters. The molecule has 0 spiro atoms. The summed E-state index contributed by atoms with van der Waals surface area (Å²) < 4.78 is 41.0. The highest BCUT2D eigenvalue weighted by Crippen LogP contribution is 2.38. The van der Waals surface area contributed by atoms with Crippen molar-refractivity contribution in [1.82, 2.24) is 0 Å². The molecule has 1 aromatic heterocycles. The van der Waals surface area contributed by atoms with E-state index in [0.717, 1.165) is 16.2 Å². The van der Waals surface area contributed by atoms with Gasteiger partial charge < -0.3 is 0 Å². The van der Waals surface area contributed by atoms with E-state index in [2.05, 4.69) is 0 Å². The minimum absolute atomic E-state index is 0.0610. The molecule has 20 heavy (non-hydrogen) atoms. The fourth-order valence-corrected chi connectivity index (χ4v) is 3.50. The van der Waals surface area contributed by atoms with Crippen LogP contribution in [0.4, 0.5) is 13.2 Å². The zero-order chi connectivity index (χ0) is 14.3. The lowest BCUT2D eigenvalue weighted by atomic mass is 10.0. The van der Waals surface area contributed by atoms with Crippen molar-refractivity contribution >= 4 is 33.0 Å². The van der Waals surface area contributed by atoms with Gasteiger partial charge in [0, 0.05) is 16.3 Å². The van der Waals surface area contributed by atoms with E-state index in [1.165, 1.54) is 11.3 Å². The summed E-state index contributed by atoms with van der Waals surface area (Å²) in [4.78, 5) is 0. The average Bonchev–Trinajstić information content (AvgIpc) is 2.86. The number of hydrogen-bond donors (Lipinski definition) is 0. The molecule has 0 aliphatic rings. The van der Waals surface area contributed by atoms with E-state index < -0.39 is 22.8 Å². The third-order valence-corrected chi connectivity index (χ3v) is 4.55. The fourth-order valence-electron chi connectivity index (χ4n) is 2.09. The van der Waals surface area contributed by atoms with E-state index in [4.69, 9.17) is 11.6 Å². The molecule has 1 unspecified atom stereocenters. The Morgan fingerprint density at radius 3 is 2.40 bits per heavy atom. The molecule has 0 bridgehead atoms. The van der Waals surface area contributed by atoms with Crippen molar-refractivity contribution < 1.29 is 13.2 Å². The predicted octanol–water partition coefficient (Wildman–Crippen LogP) is 5.65. The van der Waals surface area contributed by atoms with Gasteiger partial charge in [-0.05, 0) is 28.5 Å². The quantitative estimate of drug-likeness (QED) is 0.424. The van der Waals surface area contributed by atoms with E-state index in [1.54, 1.807) is 0 Å². The molecule has 0 aliphatic carbocycles. The van der Waals surface area contributed by atoms with Crippen LogP contribution in [0.1, 0.15) is 16.5 Å². The second-order valence-corrected chi connectivity index (χ2v) is 5.69. The van der Waals surface area contributed by atoms with Gasteiger partial charge in [-0.15, -0.1) is 22.9 Å². The summed E-state index contributed by atoms with van der Waals surface area (Å²) >= 11 is 7.73. The van der Waals surface area contributed by atoms with E-state index in [9.17, 15) is 13.2 Å². The van der Waals surface area contributed by atoms with Crippen molar-refractivity contribution in [2.45, 2.75) is 5.38 Å². The number of fused-ring (bicyclic) bond motifs is 1. The molecular formula is C15H8ClF3S. The van der Waals surface area contributed by atoms with E-state index >= 15 is 0 Å². The Bertz CT molecular complexity index is 782. The van der Waals surface area contributed by atoms with Crippen LogP contribution in [0.2, 0.25) is 0 Å². The van der Waals surface area contributed by atoms with Gasteiger partial charge in [0.2, 0.25) is 0 Å². The Morgan fingerprint density at radius 2 is 1.60 bits per heavy atom. The molecule has 0 saturated carbocycles. The van der Waals surface area contributed by atoms with Crippen LogP contribution < -0.4 is 0 Å². The Balaban J connectivity index is 2.13. The molecule has 0 N–H and O–H groups in total. The third-order valence-electron chi connectivity index (χ3n) is 3.10. The number of benzene rings is 2. The van der Waals surface area contributed by atoms with Gasteiger partial charge in [0.05, 0.1) is 5.38 Å². The minimum Gasteiger partial charge on any atom is -0.207 e. The first kappa shape index (κ1) is 13.5. The van der Waals surface area contributed by atoms with Crippen LogP contribution in [0.15, 0.2) is 41.8 Å². The molecule has 0 saturated heterocycles.